The number of unbranched alkanes of at least 4 members (excludes halogenated alkanes) is 8. The van der Waals surface area contributed by atoms with Gasteiger partial charge in [-0.15, -0.1) is 11.8 Å². The van der Waals surface area contributed by atoms with E-state index in [1.807, 2.05) is 0 Å². The van der Waals surface area contributed by atoms with Crippen LogP contribution in [0.25, 0.3) is 0 Å². The van der Waals surface area contributed by atoms with Gasteiger partial charge in [0.1, 0.15) is 0 Å². The highest BCUT2D eigenvalue weighted by atomic mass is 16.5. The molecule has 0 aromatic heterocycles. The van der Waals surface area contributed by atoms with Crippen molar-refractivity contribution in [3.05, 3.63) is 0 Å². The number of hydrogen-bond acceptors (Lipinski definition) is 2. The molecule has 0 saturated heterocycles. The second kappa shape index (κ2) is 14.1. The van der Waals surface area contributed by atoms with Gasteiger partial charge in [-0.3, -0.25) is 4.79 Å². The maximum absolute atomic E-state index is 10.5. The van der Waals surface area contributed by atoms with E-state index in [4.69, 9.17) is 4.74 Å². The molecular formula is C16H28O2. The van der Waals surface area contributed by atoms with Crippen molar-refractivity contribution in [2.75, 3.05) is 6.61 Å². The molecule has 18 heavy (non-hydrogen) atoms. The predicted molar refractivity (Wildman–Crippen MR) is 76.3 cm³/mol. The number of esters is 1. The SMILES string of the molecule is CCCCCCCCC#CCCCCOC(C)=O. The third-order valence-corrected chi connectivity index (χ3v) is 2.78. The lowest BCUT2D eigenvalue weighted by Gasteiger charge is -1.98. The van der Waals surface area contributed by atoms with Crippen LogP contribution in [0.3, 0.4) is 0 Å². The smallest absolute Gasteiger partial charge is 0.302 e. The number of carbonyl (C=O) groups excluding carboxylic acids is 1. The van der Waals surface area contributed by atoms with Crippen molar-refractivity contribution in [1.82, 2.24) is 0 Å². The molecule has 0 aliphatic rings. The van der Waals surface area contributed by atoms with E-state index >= 15 is 0 Å². The lowest BCUT2D eigenvalue weighted by molar-refractivity contribution is -0.141. The molecule has 0 aromatic rings. The highest BCUT2D eigenvalue weighted by Crippen LogP contribution is 2.06. The minimum absolute atomic E-state index is 0.191. The molecule has 0 spiro atoms. The highest BCUT2D eigenvalue weighted by Gasteiger charge is 1.91. The standard InChI is InChI=1S/C16H28O2/c1-3-4-5-6-7-8-9-10-11-12-13-14-15-18-16(2)17/h3-9,12-15H2,1-2H3. The Morgan fingerprint density at radius 3 is 2.06 bits per heavy atom. The number of carbonyl (C=O) groups is 1. The molecule has 0 aromatic carbocycles. The summed E-state index contributed by atoms with van der Waals surface area (Å²) in [5.41, 5.74) is 0. The van der Waals surface area contributed by atoms with E-state index < -0.39 is 0 Å². The van der Waals surface area contributed by atoms with E-state index in [1.165, 1.54) is 45.4 Å². The van der Waals surface area contributed by atoms with Crippen molar-refractivity contribution in [1.29, 1.82) is 0 Å². The number of rotatable bonds is 10. The average Bonchev–Trinajstić information content (AvgIpc) is 2.34. The number of hydrogen-bond donors (Lipinski definition) is 0. The Morgan fingerprint density at radius 1 is 0.889 bits per heavy atom. The van der Waals surface area contributed by atoms with Crippen LogP contribution in [0, 0.1) is 11.8 Å². The lowest BCUT2D eigenvalue weighted by Crippen LogP contribution is -1.99. The third kappa shape index (κ3) is 15.0. The summed E-state index contributed by atoms with van der Waals surface area (Å²) < 4.78 is 4.85. The molecule has 0 aliphatic heterocycles. The fourth-order valence-corrected chi connectivity index (χ4v) is 1.70. The summed E-state index contributed by atoms with van der Waals surface area (Å²) in [5, 5.41) is 0. The molecule has 0 rings (SSSR count). The van der Waals surface area contributed by atoms with E-state index in [2.05, 4.69) is 18.8 Å². The molecular weight excluding hydrogens is 224 g/mol. The Balaban J connectivity index is 3.12. The Kier molecular flexibility index (Phi) is 13.3. The van der Waals surface area contributed by atoms with Crippen LogP contribution < -0.4 is 0 Å². The zero-order valence-electron chi connectivity index (χ0n) is 12.1. The zero-order chi connectivity index (χ0) is 13.5. The second-order valence-corrected chi connectivity index (χ2v) is 4.67. The summed E-state index contributed by atoms with van der Waals surface area (Å²) in [4.78, 5) is 10.5. The topological polar surface area (TPSA) is 26.3 Å². The normalized spacial score (nSPS) is 9.67. The number of ether oxygens (including phenoxy) is 1. The molecule has 0 N–H and O–H groups in total. The van der Waals surface area contributed by atoms with E-state index in [0.29, 0.717) is 6.61 Å². The maximum Gasteiger partial charge on any atom is 0.302 e. The van der Waals surface area contributed by atoms with Gasteiger partial charge in [-0.05, 0) is 19.3 Å². The van der Waals surface area contributed by atoms with Crippen LogP contribution in [-0.4, -0.2) is 12.6 Å². The maximum atomic E-state index is 10.5. The second-order valence-electron chi connectivity index (χ2n) is 4.67. The van der Waals surface area contributed by atoms with Crippen LogP contribution in [0.5, 0.6) is 0 Å². The summed E-state index contributed by atoms with van der Waals surface area (Å²) >= 11 is 0. The Labute approximate surface area is 112 Å². The third-order valence-electron chi connectivity index (χ3n) is 2.78. The molecule has 0 heterocycles. The summed E-state index contributed by atoms with van der Waals surface area (Å²) in [6, 6.07) is 0. The van der Waals surface area contributed by atoms with Gasteiger partial charge in [0, 0.05) is 19.8 Å². The minimum atomic E-state index is -0.191. The summed E-state index contributed by atoms with van der Waals surface area (Å²) in [7, 11) is 0. The Bertz CT molecular complexity index is 248. The van der Waals surface area contributed by atoms with Crippen molar-refractivity contribution in [2.24, 2.45) is 0 Å². The minimum Gasteiger partial charge on any atom is -0.466 e. The fourth-order valence-electron chi connectivity index (χ4n) is 1.70. The molecule has 104 valence electrons. The Morgan fingerprint density at radius 2 is 1.44 bits per heavy atom. The van der Waals surface area contributed by atoms with Crippen molar-refractivity contribution < 1.29 is 9.53 Å². The molecule has 0 amide bonds. The van der Waals surface area contributed by atoms with Crippen LogP contribution >= 0.6 is 0 Å². The molecule has 2 nitrogen and oxygen atoms in total. The van der Waals surface area contributed by atoms with Crippen molar-refractivity contribution in [3.8, 4) is 11.8 Å². The first kappa shape index (κ1) is 17.0. The first-order chi connectivity index (χ1) is 8.77. The first-order valence-corrected chi connectivity index (χ1v) is 7.36. The van der Waals surface area contributed by atoms with Crippen molar-refractivity contribution in [3.63, 3.8) is 0 Å². The van der Waals surface area contributed by atoms with Crippen LogP contribution in [0.2, 0.25) is 0 Å². The van der Waals surface area contributed by atoms with Crippen molar-refractivity contribution in [2.45, 2.75) is 78.1 Å². The van der Waals surface area contributed by atoms with E-state index in [1.54, 1.807) is 0 Å². The van der Waals surface area contributed by atoms with Crippen LogP contribution in [0.4, 0.5) is 0 Å². The highest BCUT2D eigenvalue weighted by molar-refractivity contribution is 5.65. The summed E-state index contributed by atoms with van der Waals surface area (Å²) in [6.07, 6.45) is 11.9. The molecule has 0 fully saturated rings. The summed E-state index contributed by atoms with van der Waals surface area (Å²) in [5.74, 6) is 6.21. The van der Waals surface area contributed by atoms with E-state index in [0.717, 1.165) is 25.7 Å². The van der Waals surface area contributed by atoms with Gasteiger partial charge >= 0.3 is 5.97 Å². The zero-order valence-corrected chi connectivity index (χ0v) is 12.1. The predicted octanol–water partition coefficient (Wildman–Crippen LogP) is 4.47. The fraction of sp³-hybridized carbons (Fsp3) is 0.812. The molecule has 2 heteroatoms. The van der Waals surface area contributed by atoms with Gasteiger partial charge in [-0.1, -0.05) is 39.0 Å². The van der Waals surface area contributed by atoms with Crippen LogP contribution in [0.15, 0.2) is 0 Å². The lowest BCUT2D eigenvalue weighted by atomic mass is 10.1. The van der Waals surface area contributed by atoms with Gasteiger partial charge in [0.15, 0.2) is 0 Å². The molecule has 0 unspecified atom stereocenters. The van der Waals surface area contributed by atoms with Gasteiger partial charge < -0.3 is 4.74 Å². The van der Waals surface area contributed by atoms with Crippen molar-refractivity contribution >= 4 is 5.97 Å². The molecule has 0 radical (unpaired) electrons. The van der Waals surface area contributed by atoms with E-state index in [-0.39, 0.29) is 5.97 Å². The van der Waals surface area contributed by atoms with Crippen LogP contribution in [-0.2, 0) is 9.53 Å². The van der Waals surface area contributed by atoms with Gasteiger partial charge in [0.2, 0.25) is 0 Å². The molecule has 0 aliphatic carbocycles. The molecule has 0 saturated carbocycles. The quantitative estimate of drug-likeness (QED) is 0.326. The summed E-state index contributed by atoms with van der Waals surface area (Å²) in [6.45, 7) is 4.22. The van der Waals surface area contributed by atoms with E-state index in [9.17, 15) is 4.79 Å². The largest absolute Gasteiger partial charge is 0.466 e. The average molecular weight is 252 g/mol. The van der Waals surface area contributed by atoms with Crippen LogP contribution in [0.1, 0.15) is 78.1 Å². The first-order valence-electron chi connectivity index (χ1n) is 7.36. The Hall–Kier alpha value is -0.970. The van der Waals surface area contributed by atoms with Gasteiger partial charge in [-0.2, -0.15) is 0 Å². The molecule has 0 bridgehead atoms. The van der Waals surface area contributed by atoms with Gasteiger partial charge in [0.05, 0.1) is 6.61 Å². The molecule has 0 atom stereocenters. The van der Waals surface area contributed by atoms with Gasteiger partial charge in [0.25, 0.3) is 0 Å². The van der Waals surface area contributed by atoms with Gasteiger partial charge in [-0.25, -0.2) is 0 Å². The monoisotopic (exact) mass is 252 g/mol.